The van der Waals surface area contributed by atoms with Crippen molar-refractivity contribution < 1.29 is 0 Å². The SMILES string of the molecule is C[B][P+](C1CCCC1)(C1CCCC1)C1CCCC1. The Morgan fingerprint density at radius 2 is 0.889 bits per heavy atom. The smallest absolute Gasteiger partial charge is 0.0495 e. The molecule has 3 aliphatic rings. The predicted octanol–water partition coefficient (Wildman–Crippen LogP) is 5.50. The molecule has 0 bridgehead atoms. The van der Waals surface area contributed by atoms with Crippen LogP contribution in [0.1, 0.15) is 77.0 Å². The maximum absolute atomic E-state index is 2.83. The van der Waals surface area contributed by atoms with Gasteiger partial charge in [0.1, 0.15) is 0 Å². The highest BCUT2D eigenvalue weighted by atomic mass is 31.2. The van der Waals surface area contributed by atoms with Gasteiger partial charge in [-0.1, -0.05) is 0 Å². The third kappa shape index (κ3) is 2.19. The molecule has 0 aromatic rings. The second-order valence-corrected chi connectivity index (χ2v) is 11.5. The van der Waals surface area contributed by atoms with Gasteiger partial charge in [0, 0.05) is 0 Å². The highest BCUT2D eigenvalue weighted by Gasteiger charge is 2.57. The Morgan fingerprint density at radius 1 is 0.611 bits per heavy atom. The zero-order valence-electron chi connectivity index (χ0n) is 12.2. The molecular formula is C16H30BP+. The third-order valence-corrected chi connectivity index (χ3v) is 12.6. The van der Waals surface area contributed by atoms with E-state index in [2.05, 4.69) is 13.8 Å². The van der Waals surface area contributed by atoms with Gasteiger partial charge in [-0.05, 0) is 91.0 Å². The van der Waals surface area contributed by atoms with Gasteiger partial charge in [-0.25, -0.2) is 0 Å². The van der Waals surface area contributed by atoms with E-state index in [0.29, 0.717) is 0 Å². The highest BCUT2D eigenvalue weighted by Crippen LogP contribution is 2.77. The van der Waals surface area contributed by atoms with Gasteiger partial charge in [0.05, 0.1) is 17.0 Å². The van der Waals surface area contributed by atoms with Gasteiger partial charge in [-0.2, -0.15) is 0 Å². The van der Waals surface area contributed by atoms with Gasteiger partial charge in [-0.15, -0.1) is 0 Å². The van der Waals surface area contributed by atoms with Crippen LogP contribution < -0.4 is 0 Å². The summed E-state index contributed by atoms with van der Waals surface area (Å²) in [6.07, 6.45) is 18.8. The fraction of sp³-hybridized carbons (Fsp3) is 1.00. The first-order valence-corrected chi connectivity index (χ1v) is 10.6. The van der Waals surface area contributed by atoms with Crippen molar-refractivity contribution in [3.63, 3.8) is 0 Å². The summed E-state index contributed by atoms with van der Waals surface area (Å²) in [5.41, 5.74) is 3.48. The molecule has 3 aliphatic carbocycles. The van der Waals surface area contributed by atoms with Gasteiger partial charge in [0.15, 0.2) is 0 Å². The van der Waals surface area contributed by atoms with Crippen molar-refractivity contribution in [3.8, 4) is 0 Å². The van der Waals surface area contributed by atoms with E-state index in [4.69, 9.17) is 0 Å². The molecule has 0 N–H and O–H groups in total. The van der Waals surface area contributed by atoms with Gasteiger partial charge in [0.2, 0.25) is 0 Å². The molecule has 0 unspecified atom stereocenters. The lowest BCUT2D eigenvalue weighted by Gasteiger charge is -2.42. The number of hydrogen-bond donors (Lipinski definition) is 0. The van der Waals surface area contributed by atoms with E-state index in [9.17, 15) is 0 Å². The van der Waals surface area contributed by atoms with E-state index in [0.717, 1.165) is 17.0 Å². The van der Waals surface area contributed by atoms with Crippen LogP contribution >= 0.6 is 7.14 Å². The molecule has 3 saturated carbocycles. The van der Waals surface area contributed by atoms with Gasteiger partial charge < -0.3 is 0 Å². The van der Waals surface area contributed by atoms with Gasteiger partial charge in [-0.3, -0.25) is 0 Å². The van der Waals surface area contributed by atoms with E-state index in [1.165, 1.54) is 0 Å². The van der Waals surface area contributed by atoms with Crippen LogP contribution in [0.15, 0.2) is 0 Å². The Morgan fingerprint density at radius 3 is 1.11 bits per heavy atom. The molecule has 0 spiro atoms. The second-order valence-electron chi connectivity index (χ2n) is 6.97. The fourth-order valence-corrected chi connectivity index (χ4v) is 12.4. The Kier molecular flexibility index (Phi) is 4.39. The average molecular weight is 264 g/mol. The fourth-order valence-electron chi connectivity index (χ4n) is 5.58. The summed E-state index contributed by atoms with van der Waals surface area (Å²) in [7, 11) is -0.745. The lowest BCUT2D eigenvalue weighted by Crippen LogP contribution is -2.31. The van der Waals surface area contributed by atoms with Crippen molar-refractivity contribution in [2.45, 2.75) is 101 Å². The molecule has 0 aromatic carbocycles. The van der Waals surface area contributed by atoms with E-state index in [-0.39, 0.29) is 0 Å². The van der Waals surface area contributed by atoms with E-state index < -0.39 is 7.14 Å². The Labute approximate surface area is 115 Å². The van der Waals surface area contributed by atoms with Crippen LogP contribution in [-0.4, -0.2) is 24.0 Å². The van der Waals surface area contributed by atoms with Gasteiger partial charge in [0.25, 0.3) is 0 Å². The summed E-state index contributed by atoms with van der Waals surface area (Å²) in [4.78, 5) is 0. The summed E-state index contributed by atoms with van der Waals surface area (Å²) >= 11 is 0. The molecule has 101 valence electrons. The minimum atomic E-state index is -0.745. The molecule has 0 nitrogen and oxygen atoms in total. The molecule has 0 heterocycles. The van der Waals surface area contributed by atoms with Crippen molar-refractivity contribution in [2.24, 2.45) is 0 Å². The summed E-state index contributed by atoms with van der Waals surface area (Å²) in [5, 5.41) is 0. The van der Waals surface area contributed by atoms with Crippen molar-refractivity contribution in [3.05, 3.63) is 0 Å². The molecule has 2 heteroatoms. The Bertz CT molecular complexity index is 219. The summed E-state index contributed by atoms with van der Waals surface area (Å²) in [5.74, 6) is 0. The zero-order chi connectivity index (χ0) is 12.4. The molecule has 0 atom stereocenters. The van der Waals surface area contributed by atoms with Crippen LogP contribution in [0.4, 0.5) is 0 Å². The minimum Gasteiger partial charge on any atom is -0.0495 e. The first kappa shape index (κ1) is 13.5. The average Bonchev–Trinajstić information content (AvgIpc) is 3.16. The maximum atomic E-state index is 2.83. The van der Waals surface area contributed by atoms with Gasteiger partial charge >= 0.3 is 7.00 Å². The van der Waals surface area contributed by atoms with Crippen LogP contribution in [-0.2, 0) is 0 Å². The normalized spacial score (nSPS) is 28.3. The molecule has 1 radical (unpaired) electrons. The third-order valence-electron chi connectivity index (χ3n) is 6.32. The zero-order valence-corrected chi connectivity index (χ0v) is 13.1. The molecule has 3 rings (SSSR count). The maximum Gasteiger partial charge on any atom is 0.354 e. The monoisotopic (exact) mass is 264 g/mol. The van der Waals surface area contributed by atoms with Crippen molar-refractivity contribution in [1.82, 2.24) is 0 Å². The molecule has 0 aromatic heterocycles. The van der Waals surface area contributed by atoms with Crippen LogP contribution in [0.2, 0.25) is 6.82 Å². The summed E-state index contributed by atoms with van der Waals surface area (Å²) in [6.45, 7) is 5.29. The summed E-state index contributed by atoms with van der Waals surface area (Å²) in [6, 6.07) is 0. The second kappa shape index (κ2) is 5.86. The quantitative estimate of drug-likeness (QED) is 0.464. The Balaban J connectivity index is 1.87. The topological polar surface area (TPSA) is 0 Å². The lowest BCUT2D eigenvalue weighted by molar-refractivity contribution is 0.767. The van der Waals surface area contributed by atoms with Crippen molar-refractivity contribution in [2.75, 3.05) is 0 Å². The van der Waals surface area contributed by atoms with Crippen LogP contribution in [0.25, 0.3) is 0 Å². The molecule has 0 saturated heterocycles. The first-order chi connectivity index (χ1) is 8.88. The standard InChI is InChI=1S/C16H30BP/c1-17-18(14-8-2-3-9-14,15-10-4-5-11-15)16-12-6-7-13-16/h14-16H,2-13H2,1H3/q+1. The lowest BCUT2D eigenvalue weighted by atomic mass is 10.2. The molecule has 0 amide bonds. The molecular weight excluding hydrogens is 234 g/mol. The first-order valence-electron chi connectivity index (χ1n) is 8.56. The van der Waals surface area contributed by atoms with Crippen LogP contribution in [0, 0.1) is 0 Å². The van der Waals surface area contributed by atoms with Crippen molar-refractivity contribution >= 4 is 14.1 Å². The number of hydrogen-bond acceptors (Lipinski definition) is 0. The molecule has 3 fully saturated rings. The molecule has 0 aliphatic heterocycles. The van der Waals surface area contributed by atoms with Crippen LogP contribution in [0.3, 0.4) is 0 Å². The largest absolute Gasteiger partial charge is 0.354 e. The van der Waals surface area contributed by atoms with E-state index in [1.54, 1.807) is 77.0 Å². The Hall–Kier alpha value is 0.495. The van der Waals surface area contributed by atoms with E-state index in [1.807, 2.05) is 0 Å². The number of rotatable bonds is 4. The van der Waals surface area contributed by atoms with Crippen LogP contribution in [0.5, 0.6) is 0 Å². The minimum absolute atomic E-state index is 0.745. The highest BCUT2D eigenvalue weighted by molar-refractivity contribution is 8.02. The predicted molar refractivity (Wildman–Crippen MR) is 85.3 cm³/mol. The summed E-state index contributed by atoms with van der Waals surface area (Å²) < 4.78 is 0. The molecule has 18 heavy (non-hydrogen) atoms. The van der Waals surface area contributed by atoms with Crippen molar-refractivity contribution in [1.29, 1.82) is 0 Å². The van der Waals surface area contributed by atoms with E-state index >= 15 is 0 Å².